The Labute approximate surface area is 193 Å². The number of carbonyl (C=O) groups is 1. The minimum atomic E-state index is -3.62. The van der Waals surface area contributed by atoms with Gasteiger partial charge in [-0.25, -0.2) is 8.42 Å². The van der Waals surface area contributed by atoms with Crippen LogP contribution in [0.2, 0.25) is 5.02 Å². The third kappa shape index (κ3) is 5.65. The predicted octanol–water partition coefficient (Wildman–Crippen LogP) is 3.54. The summed E-state index contributed by atoms with van der Waals surface area (Å²) >= 11 is 6.16. The summed E-state index contributed by atoms with van der Waals surface area (Å²) in [6.45, 7) is 7.02. The summed E-state index contributed by atoms with van der Waals surface area (Å²) in [5, 5.41) is 0.391. The molecule has 0 aliphatic carbocycles. The highest BCUT2D eigenvalue weighted by atomic mass is 35.5. The highest BCUT2D eigenvalue weighted by Gasteiger charge is 2.32. The van der Waals surface area contributed by atoms with Crippen LogP contribution in [0.3, 0.4) is 0 Å². The normalized spacial score (nSPS) is 17.3. The van der Waals surface area contributed by atoms with Crippen LogP contribution in [0.4, 0.5) is 5.69 Å². The van der Waals surface area contributed by atoms with Crippen molar-refractivity contribution < 1.29 is 27.4 Å². The average molecular weight is 483 g/mol. The van der Waals surface area contributed by atoms with Gasteiger partial charge >= 0.3 is 0 Å². The van der Waals surface area contributed by atoms with Gasteiger partial charge in [-0.2, -0.15) is 4.31 Å². The Balaban J connectivity index is 1.70. The van der Waals surface area contributed by atoms with Crippen LogP contribution in [0, 0.1) is 0 Å². The molecule has 0 amide bonds. The maximum absolute atomic E-state index is 13.1. The second-order valence-electron chi connectivity index (χ2n) is 7.68. The van der Waals surface area contributed by atoms with Crippen molar-refractivity contribution in [2.45, 2.75) is 37.8 Å². The fourth-order valence-corrected chi connectivity index (χ4v) is 5.23. The fourth-order valence-electron chi connectivity index (χ4n) is 3.54. The number of hydrogen-bond acceptors (Lipinski definition) is 7. The number of ether oxygens (including phenoxy) is 3. The first-order valence-corrected chi connectivity index (χ1v) is 12.0. The SMILES string of the molecule is CC(C)Oc1ccc(S(=O)(=O)N2CCN(c3ccc(Cl)c(OCOC=O)c3)C(C)C2)cc1. The topological polar surface area (TPSA) is 85.4 Å². The lowest BCUT2D eigenvalue weighted by Crippen LogP contribution is -2.53. The molecule has 3 rings (SSSR count). The summed E-state index contributed by atoms with van der Waals surface area (Å²) in [5.74, 6) is 1.02. The summed E-state index contributed by atoms with van der Waals surface area (Å²) in [6.07, 6.45) is 0.0164. The fraction of sp³-hybridized carbons (Fsp3) is 0.409. The average Bonchev–Trinajstić information content (AvgIpc) is 2.75. The van der Waals surface area contributed by atoms with Gasteiger partial charge in [-0.05, 0) is 57.2 Å². The van der Waals surface area contributed by atoms with Crippen LogP contribution in [0.25, 0.3) is 0 Å². The van der Waals surface area contributed by atoms with Crippen molar-refractivity contribution in [1.82, 2.24) is 4.31 Å². The number of sulfonamides is 1. The second-order valence-corrected chi connectivity index (χ2v) is 10.0. The van der Waals surface area contributed by atoms with Gasteiger partial charge in [0.05, 0.1) is 16.0 Å². The maximum atomic E-state index is 13.1. The van der Waals surface area contributed by atoms with E-state index < -0.39 is 10.0 Å². The minimum Gasteiger partial charge on any atom is -0.491 e. The first-order valence-electron chi connectivity index (χ1n) is 10.2. The van der Waals surface area contributed by atoms with Gasteiger partial charge in [0.25, 0.3) is 6.47 Å². The molecule has 1 unspecified atom stereocenters. The molecular weight excluding hydrogens is 456 g/mol. The predicted molar refractivity (Wildman–Crippen MR) is 122 cm³/mol. The van der Waals surface area contributed by atoms with E-state index >= 15 is 0 Å². The van der Waals surface area contributed by atoms with Crippen molar-refractivity contribution >= 4 is 33.8 Å². The standard InChI is InChI=1S/C22H27ClN2O6S/c1-16(2)31-19-5-7-20(8-6-19)32(27,28)24-10-11-25(17(3)13-24)18-4-9-21(23)22(12-18)30-15-29-14-26/h4-9,12,14,16-17H,10-11,13,15H2,1-3H3. The lowest BCUT2D eigenvalue weighted by Gasteiger charge is -2.40. The molecular formula is C22H27ClN2O6S. The van der Waals surface area contributed by atoms with Gasteiger partial charge in [-0.1, -0.05) is 11.6 Å². The molecule has 8 nitrogen and oxygen atoms in total. The summed E-state index contributed by atoms with van der Waals surface area (Å²) in [5.41, 5.74) is 0.843. The summed E-state index contributed by atoms with van der Waals surface area (Å²) in [6, 6.07) is 11.7. The van der Waals surface area contributed by atoms with Gasteiger partial charge in [0, 0.05) is 37.4 Å². The number of carbonyl (C=O) groups excluding carboxylic acids is 1. The molecule has 0 radical (unpaired) electrons. The van der Waals surface area contributed by atoms with Crippen LogP contribution < -0.4 is 14.4 Å². The number of anilines is 1. The van der Waals surface area contributed by atoms with E-state index in [0.717, 1.165) is 5.69 Å². The Morgan fingerprint density at radius 3 is 2.50 bits per heavy atom. The van der Waals surface area contributed by atoms with E-state index in [9.17, 15) is 13.2 Å². The first kappa shape index (κ1) is 24.2. The van der Waals surface area contributed by atoms with Gasteiger partial charge < -0.3 is 19.1 Å². The number of piperazine rings is 1. The molecule has 0 saturated carbocycles. The van der Waals surface area contributed by atoms with Crippen molar-refractivity contribution in [1.29, 1.82) is 0 Å². The van der Waals surface area contributed by atoms with Crippen molar-refractivity contribution in [3.05, 3.63) is 47.5 Å². The van der Waals surface area contributed by atoms with Gasteiger partial charge in [-0.3, -0.25) is 4.79 Å². The van der Waals surface area contributed by atoms with E-state index in [2.05, 4.69) is 9.64 Å². The third-order valence-electron chi connectivity index (χ3n) is 5.02. The molecule has 0 N–H and O–H groups in total. The third-order valence-corrected chi connectivity index (χ3v) is 7.21. The minimum absolute atomic E-state index is 0.0164. The van der Waals surface area contributed by atoms with Gasteiger partial charge in [0.1, 0.15) is 11.5 Å². The second kappa shape index (κ2) is 10.4. The first-order chi connectivity index (χ1) is 15.2. The molecule has 0 spiro atoms. The lowest BCUT2D eigenvalue weighted by atomic mass is 10.1. The van der Waals surface area contributed by atoms with Crippen molar-refractivity contribution in [2.75, 3.05) is 31.3 Å². The highest BCUT2D eigenvalue weighted by Crippen LogP contribution is 2.32. The Morgan fingerprint density at radius 1 is 1.16 bits per heavy atom. The molecule has 2 aromatic rings. The molecule has 10 heteroatoms. The van der Waals surface area contributed by atoms with Crippen molar-refractivity contribution in [3.8, 4) is 11.5 Å². The quantitative estimate of drug-likeness (QED) is 0.307. The summed E-state index contributed by atoms with van der Waals surface area (Å²) < 4.78 is 43.3. The monoisotopic (exact) mass is 482 g/mol. The van der Waals surface area contributed by atoms with E-state index in [1.807, 2.05) is 26.8 Å². The van der Waals surface area contributed by atoms with Gasteiger partial charge in [0.15, 0.2) is 0 Å². The number of rotatable bonds is 9. The van der Waals surface area contributed by atoms with Crippen LogP contribution in [0.5, 0.6) is 11.5 Å². The molecule has 1 fully saturated rings. The van der Waals surface area contributed by atoms with E-state index in [1.54, 1.807) is 36.4 Å². The molecule has 174 valence electrons. The zero-order chi connectivity index (χ0) is 23.3. The molecule has 1 aliphatic rings. The van der Waals surface area contributed by atoms with Gasteiger partial charge in [-0.15, -0.1) is 0 Å². The largest absolute Gasteiger partial charge is 0.491 e. The van der Waals surface area contributed by atoms with Crippen LogP contribution in [0.1, 0.15) is 20.8 Å². The van der Waals surface area contributed by atoms with Crippen molar-refractivity contribution in [3.63, 3.8) is 0 Å². The Morgan fingerprint density at radius 2 is 1.88 bits per heavy atom. The lowest BCUT2D eigenvalue weighted by molar-refractivity contribution is -0.134. The van der Waals surface area contributed by atoms with E-state index in [-0.39, 0.29) is 23.8 Å². The van der Waals surface area contributed by atoms with Crippen LogP contribution in [-0.2, 0) is 19.6 Å². The number of nitrogens with zero attached hydrogens (tertiary/aromatic N) is 2. The molecule has 2 aromatic carbocycles. The molecule has 1 saturated heterocycles. The molecule has 32 heavy (non-hydrogen) atoms. The number of benzene rings is 2. The Hall–Kier alpha value is -2.49. The Bertz CT molecular complexity index is 1030. The summed E-state index contributed by atoms with van der Waals surface area (Å²) in [7, 11) is -3.62. The molecule has 1 aliphatic heterocycles. The zero-order valence-corrected chi connectivity index (χ0v) is 19.8. The number of halogens is 1. The maximum Gasteiger partial charge on any atom is 0.295 e. The highest BCUT2D eigenvalue weighted by molar-refractivity contribution is 7.89. The molecule has 1 heterocycles. The smallest absolute Gasteiger partial charge is 0.295 e. The zero-order valence-electron chi connectivity index (χ0n) is 18.2. The summed E-state index contributed by atoms with van der Waals surface area (Å²) in [4.78, 5) is 12.6. The van der Waals surface area contributed by atoms with E-state index in [4.69, 9.17) is 21.1 Å². The molecule has 1 atom stereocenters. The van der Waals surface area contributed by atoms with Crippen LogP contribution >= 0.6 is 11.6 Å². The van der Waals surface area contributed by atoms with Crippen LogP contribution in [0.15, 0.2) is 47.4 Å². The van der Waals surface area contributed by atoms with Gasteiger partial charge in [0.2, 0.25) is 16.8 Å². The van der Waals surface area contributed by atoms with Crippen molar-refractivity contribution in [2.24, 2.45) is 0 Å². The van der Waals surface area contributed by atoms with Crippen LogP contribution in [-0.4, -0.2) is 57.8 Å². The van der Waals surface area contributed by atoms with E-state index in [1.165, 1.54) is 4.31 Å². The molecule has 0 bridgehead atoms. The number of hydrogen-bond donors (Lipinski definition) is 0. The van der Waals surface area contributed by atoms with E-state index in [0.29, 0.717) is 42.6 Å². The Kier molecular flexibility index (Phi) is 7.86. The molecule has 0 aromatic heterocycles.